The zero-order valence-electron chi connectivity index (χ0n) is 5.50. The van der Waals surface area contributed by atoms with Crippen molar-refractivity contribution in [3.63, 3.8) is 0 Å². The molecule has 1 saturated heterocycles. The number of allylic oxidation sites excluding steroid dienone is 1. The van der Waals surface area contributed by atoms with Crippen molar-refractivity contribution >= 4 is 11.8 Å². The van der Waals surface area contributed by atoms with Crippen LogP contribution in [0.3, 0.4) is 0 Å². The summed E-state index contributed by atoms with van der Waals surface area (Å²) >= 11 is 1.77. The molecule has 0 aliphatic carbocycles. The highest BCUT2D eigenvalue weighted by atomic mass is 32.2. The predicted octanol–water partition coefficient (Wildman–Crippen LogP) is 1.51. The first kappa shape index (κ1) is 6.16. The number of hydrogen-bond acceptors (Lipinski definition) is 3. The normalized spacial score (nSPS) is 23.2. The van der Waals surface area contributed by atoms with Gasteiger partial charge in [0.1, 0.15) is 13.2 Å². The van der Waals surface area contributed by atoms with Gasteiger partial charge in [-0.25, -0.2) is 0 Å². The summed E-state index contributed by atoms with van der Waals surface area (Å²) in [5.74, 6) is 1.73. The molecule has 1 fully saturated rings. The van der Waals surface area contributed by atoms with E-state index in [0.29, 0.717) is 13.2 Å². The molecular formula is C7H8O2S. The van der Waals surface area contributed by atoms with Crippen molar-refractivity contribution in [2.45, 2.75) is 0 Å². The highest BCUT2D eigenvalue weighted by molar-refractivity contribution is 8.02. The zero-order chi connectivity index (χ0) is 6.81. The van der Waals surface area contributed by atoms with E-state index in [0.717, 1.165) is 11.7 Å². The Bertz CT molecular complexity index is 188. The van der Waals surface area contributed by atoms with Gasteiger partial charge in [0, 0.05) is 11.3 Å². The summed E-state index contributed by atoms with van der Waals surface area (Å²) in [6.45, 7) is 1.41. The van der Waals surface area contributed by atoms with Gasteiger partial charge in [0.15, 0.2) is 0 Å². The van der Waals surface area contributed by atoms with E-state index in [4.69, 9.17) is 9.47 Å². The van der Waals surface area contributed by atoms with Gasteiger partial charge in [0.05, 0.1) is 0 Å². The molecule has 0 unspecified atom stereocenters. The Morgan fingerprint density at radius 1 is 1.30 bits per heavy atom. The lowest BCUT2D eigenvalue weighted by molar-refractivity contribution is 0.172. The van der Waals surface area contributed by atoms with Crippen LogP contribution in [0.2, 0.25) is 0 Å². The molecule has 2 aliphatic heterocycles. The third-order valence-corrected chi connectivity index (χ3v) is 2.22. The number of rotatable bonds is 0. The molecule has 3 heteroatoms. The van der Waals surface area contributed by atoms with Crippen molar-refractivity contribution in [1.29, 1.82) is 0 Å². The van der Waals surface area contributed by atoms with Crippen LogP contribution in [0.25, 0.3) is 0 Å². The van der Waals surface area contributed by atoms with Crippen LogP contribution in [0.1, 0.15) is 0 Å². The van der Waals surface area contributed by atoms with E-state index in [2.05, 4.69) is 5.41 Å². The summed E-state index contributed by atoms with van der Waals surface area (Å²) in [6, 6.07) is 0. The Morgan fingerprint density at radius 3 is 2.70 bits per heavy atom. The number of hydrogen-bond donors (Lipinski definition) is 0. The van der Waals surface area contributed by atoms with Gasteiger partial charge in [-0.05, 0) is 11.5 Å². The van der Waals surface area contributed by atoms with Crippen LogP contribution in [0, 0.1) is 0 Å². The maximum Gasteiger partial charge on any atom is 0.283 e. The third kappa shape index (κ3) is 1.01. The monoisotopic (exact) mass is 156 g/mol. The summed E-state index contributed by atoms with van der Waals surface area (Å²) in [5, 5.41) is 2.06. The van der Waals surface area contributed by atoms with Crippen molar-refractivity contribution < 1.29 is 9.47 Å². The lowest BCUT2D eigenvalue weighted by atomic mass is 10.3. The average Bonchev–Trinajstić information content (AvgIpc) is 2.59. The van der Waals surface area contributed by atoms with Crippen LogP contribution in [0.4, 0.5) is 0 Å². The molecule has 2 nitrogen and oxygen atoms in total. The molecule has 0 aromatic heterocycles. The van der Waals surface area contributed by atoms with Gasteiger partial charge in [-0.15, -0.1) is 11.8 Å². The van der Waals surface area contributed by atoms with E-state index in [-0.39, 0.29) is 0 Å². The molecule has 2 rings (SSSR count). The summed E-state index contributed by atoms with van der Waals surface area (Å²) in [6.07, 6.45) is 2.05. The Labute approximate surface area is 63.9 Å². The zero-order valence-corrected chi connectivity index (χ0v) is 6.32. The first-order valence-electron chi connectivity index (χ1n) is 3.24. The van der Waals surface area contributed by atoms with E-state index in [1.165, 1.54) is 5.57 Å². The maximum absolute atomic E-state index is 5.23. The minimum atomic E-state index is 0.706. The lowest BCUT2D eigenvalue weighted by Crippen LogP contribution is -1.88. The lowest BCUT2D eigenvalue weighted by Gasteiger charge is -1.98. The Balaban J connectivity index is 2.18. The fourth-order valence-electron chi connectivity index (χ4n) is 0.939. The van der Waals surface area contributed by atoms with Crippen molar-refractivity contribution in [3.8, 4) is 0 Å². The molecule has 0 bridgehead atoms. The first-order chi connectivity index (χ1) is 4.97. The Hall–Kier alpha value is -0.570. The SMILES string of the molecule is C1=CC(=C2OCCO2)CS1. The van der Waals surface area contributed by atoms with Gasteiger partial charge in [0.2, 0.25) is 0 Å². The van der Waals surface area contributed by atoms with Crippen LogP contribution in [-0.4, -0.2) is 19.0 Å². The molecule has 0 N–H and O–H groups in total. The summed E-state index contributed by atoms with van der Waals surface area (Å²) in [5.41, 5.74) is 1.18. The van der Waals surface area contributed by atoms with Crippen molar-refractivity contribution in [2.24, 2.45) is 0 Å². The molecule has 0 atom stereocenters. The number of thioether (sulfide) groups is 1. The summed E-state index contributed by atoms with van der Waals surface area (Å²) in [4.78, 5) is 0. The predicted molar refractivity (Wildman–Crippen MR) is 40.5 cm³/mol. The average molecular weight is 156 g/mol. The topological polar surface area (TPSA) is 18.5 Å². The Morgan fingerprint density at radius 2 is 2.10 bits per heavy atom. The molecule has 10 heavy (non-hydrogen) atoms. The molecule has 0 aromatic carbocycles. The molecule has 0 saturated carbocycles. The van der Waals surface area contributed by atoms with E-state index in [1.807, 2.05) is 6.08 Å². The van der Waals surface area contributed by atoms with Gasteiger partial charge < -0.3 is 9.47 Å². The summed E-state index contributed by atoms with van der Waals surface area (Å²) in [7, 11) is 0. The Kier molecular flexibility index (Phi) is 1.59. The second-order valence-electron chi connectivity index (χ2n) is 2.12. The van der Waals surface area contributed by atoms with Crippen molar-refractivity contribution in [2.75, 3.05) is 19.0 Å². The van der Waals surface area contributed by atoms with Gasteiger partial charge in [-0.3, -0.25) is 0 Å². The molecule has 0 radical (unpaired) electrons. The van der Waals surface area contributed by atoms with Crippen molar-refractivity contribution in [1.82, 2.24) is 0 Å². The largest absolute Gasteiger partial charge is 0.462 e. The van der Waals surface area contributed by atoms with E-state index < -0.39 is 0 Å². The maximum atomic E-state index is 5.23. The van der Waals surface area contributed by atoms with Crippen LogP contribution in [-0.2, 0) is 9.47 Å². The quantitative estimate of drug-likeness (QED) is 0.529. The second kappa shape index (κ2) is 2.58. The minimum absolute atomic E-state index is 0.706. The van der Waals surface area contributed by atoms with Crippen LogP contribution in [0.5, 0.6) is 0 Å². The third-order valence-electron chi connectivity index (χ3n) is 1.42. The number of ether oxygens (including phenoxy) is 2. The minimum Gasteiger partial charge on any atom is -0.462 e. The molecule has 54 valence electrons. The fraction of sp³-hybridized carbons (Fsp3) is 0.429. The molecule has 0 amide bonds. The van der Waals surface area contributed by atoms with Crippen LogP contribution >= 0.6 is 11.8 Å². The smallest absolute Gasteiger partial charge is 0.283 e. The van der Waals surface area contributed by atoms with E-state index >= 15 is 0 Å². The molecular weight excluding hydrogens is 148 g/mol. The molecule has 2 aliphatic rings. The highest BCUT2D eigenvalue weighted by Crippen LogP contribution is 2.25. The fourth-order valence-corrected chi connectivity index (χ4v) is 1.69. The second-order valence-corrected chi connectivity index (χ2v) is 3.02. The van der Waals surface area contributed by atoms with Crippen LogP contribution < -0.4 is 0 Å². The van der Waals surface area contributed by atoms with Gasteiger partial charge in [-0.2, -0.15) is 0 Å². The van der Waals surface area contributed by atoms with Crippen LogP contribution in [0.15, 0.2) is 23.0 Å². The highest BCUT2D eigenvalue weighted by Gasteiger charge is 2.15. The van der Waals surface area contributed by atoms with Crippen molar-refractivity contribution in [3.05, 3.63) is 23.0 Å². The van der Waals surface area contributed by atoms with E-state index in [9.17, 15) is 0 Å². The molecule has 0 spiro atoms. The first-order valence-corrected chi connectivity index (χ1v) is 4.28. The van der Waals surface area contributed by atoms with Gasteiger partial charge in [-0.1, -0.05) is 0 Å². The van der Waals surface area contributed by atoms with Gasteiger partial charge in [0.25, 0.3) is 5.95 Å². The standard InChI is InChI=1S/C7H8O2S/c1-4-10-5-6(1)7-8-2-3-9-7/h1,4H,2-3,5H2. The van der Waals surface area contributed by atoms with E-state index in [1.54, 1.807) is 11.8 Å². The van der Waals surface area contributed by atoms with Gasteiger partial charge >= 0.3 is 0 Å². The summed E-state index contributed by atoms with van der Waals surface area (Å²) < 4.78 is 10.5. The molecule has 2 heterocycles. The molecule has 0 aromatic rings.